The van der Waals surface area contributed by atoms with Crippen molar-refractivity contribution in [1.29, 1.82) is 0 Å². The van der Waals surface area contributed by atoms with Gasteiger partial charge in [-0.15, -0.1) is 0 Å². The van der Waals surface area contributed by atoms with E-state index in [-0.39, 0.29) is 0 Å². The van der Waals surface area contributed by atoms with Crippen LogP contribution in [-0.4, -0.2) is 6.54 Å². The molecule has 3 heteroatoms. The van der Waals surface area contributed by atoms with Gasteiger partial charge in [-0.3, -0.25) is 0 Å². The van der Waals surface area contributed by atoms with Crippen LogP contribution in [0.5, 0.6) is 11.5 Å². The van der Waals surface area contributed by atoms with Crippen LogP contribution >= 0.6 is 15.9 Å². The average molecular weight is 334 g/mol. The Kier molecular flexibility index (Phi) is 5.62. The van der Waals surface area contributed by atoms with E-state index in [1.54, 1.807) is 0 Å². The summed E-state index contributed by atoms with van der Waals surface area (Å²) in [5, 5.41) is 3.45. The molecular formula is C17H20BrNO. The maximum absolute atomic E-state index is 5.98. The van der Waals surface area contributed by atoms with Gasteiger partial charge in [0.1, 0.15) is 11.5 Å². The zero-order chi connectivity index (χ0) is 14.4. The summed E-state index contributed by atoms with van der Waals surface area (Å²) in [6.07, 6.45) is 0. The molecule has 0 bridgehead atoms. The van der Waals surface area contributed by atoms with E-state index in [0.717, 1.165) is 34.6 Å². The van der Waals surface area contributed by atoms with E-state index in [2.05, 4.69) is 41.2 Å². The molecule has 20 heavy (non-hydrogen) atoms. The summed E-state index contributed by atoms with van der Waals surface area (Å²) in [5.74, 6) is 2.39. The van der Waals surface area contributed by atoms with E-state index in [1.165, 1.54) is 0 Å². The van der Waals surface area contributed by atoms with Gasteiger partial charge in [0.25, 0.3) is 0 Å². The minimum atomic E-state index is 0.643. The quantitative estimate of drug-likeness (QED) is 0.804. The van der Waals surface area contributed by atoms with Crippen LogP contribution in [0, 0.1) is 5.92 Å². The van der Waals surface area contributed by atoms with Crippen molar-refractivity contribution in [1.82, 2.24) is 5.32 Å². The zero-order valence-corrected chi connectivity index (χ0v) is 13.5. The summed E-state index contributed by atoms with van der Waals surface area (Å²) in [6, 6.07) is 16.0. The first-order valence-corrected chi connectivity index (χ1v) is 7.66. The third-order valence-electron chi connectivity index (χ3n) is 2.87. The number of hydrogen-bond acceptors (Lipinski definition) is 2. The minimum Gasteiger partial charge on any atom is -0.457 e. The Morgan fingerprint density at radius 1 is 1.10 bits per heavy atom. The molecule has 0 aromatic heterocycles. The van der Waals surface area contributed by atoms with Crippen LogP contribution in [0.25, 0.3) is 0 Å². The van der Waals surface area contributed by atoms with Crippen molar-refractivity contribution in [3.05, 3.63) is 58.6 Å². The number of rotatable bonds is 6. The number of hydrogen-bond donors (Lipinski definition) is 1. The Balaban J connectivity index is 2.11. The SMILES string of the molecule is CC(C)CNCc1ccc(Br)cc1Oc1ccccc1. The number of halogens is 1. The summed E-state index contributed by atoms with van der Waals surface area (Å²) in [7, 11) is 0. The topological polar surface area (TPSA) is 21.3 Å². The molecule has 0 heterocycles. The van der Waals surface area contributed by atoms with Gasteiger partial charge in [-0.25, -0.2) is 0 Å². The molecule has 0 radical (unpaired) electrons. The zero-order valence-electron chi connectivity index (χ0n) is 11.9. The van der Waals surface area contributed by atoms with E-state index in [9.17, 15) is 0 Å². The molecule has 106 valence electrons. The van der Waals surface area contributed by atoms with Crippen LogP contribution in [0.2, 0.25) is 0 Å². The highest BCUT2D eigenvalue weighted by Crippen LogP contribution is 2.28. The van der Waals surface area contributed by atoms with Crippen LogP contribution in [-0.2, 0) is 6.54 Å². The Morgan fingerprint density at radius 3 is 2.55 bits per heavy atom. The van der Waals surface area contributed by atoms with Crippen molar-refractivity contribution in [3.8, 4) is 11.5 Å². The van der Waals surface area contributed by atoms with E-state index in [0.29, 0.717) is 5.92 Å². The molecule has 2 aromatic rings. The maximum atomic E-state index is 5.98. The van der Waals surface area contributed by atoms with Gasteiger partial charge >= 0.3 is 0 Å². The lowest BCUT2D eigenvalue weighted by Gasteiger charge is -2.13. The molecule has 2 aromatic carbocycles. The summed E-state index contributed by atoms with van der Waals surface area (Å²) in [5.41, 5.74) is 1.16. The summed E-state index contributed by atoms with van der Waals surface area (Å²) < 4.78 is 7.00. The second kappa shape index (κ2) is 7.46. The van der Waals surface area contributed by atoms with Crippen molar-refractivity contribution in [2.75, 3.05) is 6.54 Å². The fourth-order valence-corrected chi connectivity index (χ4v) is 2.22. The molecule has 2 rings (SSSR count). The third kappa shape index (κ3) is 4.66. The van der Waals surface area contributed by atoms with Gasteiger partial charge < -0.3 is 10.1 Å². The second-order valence-corrected chi connectivity index (χ2v) is 6.11. The van der Waals surface area contributed by atoms with Gasteiger partial charge in [-0.2, -0.15) is 0 Å². The Hall–Kier alpha value is -1.32. The lowest BCUT2D eigenvalue weighted by Crippen LogP contribution is -2.19. The predicted octanol–water partition coefficient (Wildman–Crippen LogP) is 4.99. The first-order valence-electron chi connectivity index (χ1n) is 6.87. The monoisotopic (exact) mass is 333 g/mol. The van der Waals surface area contributed by atoms with Gasteiger partial charge in [-0.05, 0) is 36.7 Å². The molecule has 0 saturated carbocycles. The van der Waals surface area contributed by atoms with Crippen LogP contribution in [0.4, 0.5) is 0 Å². The molecule has 2 nitrogen and oxygen atoms in total. The molecule has 0 atom stereocenters. The Morgan fingerprint density at radius 2 is 1.85 bits per heavy atom. The molecular weight excluding hydrogens is 314 g/mol. The fourth-order valence-electron chi connectivity index (χ4n) is 1.88. The predicted molar refractivity (Wildman–Crippen MR) is 87.2 cm³/mol. The van der Waals surface area contributed by atoms with Crippen LogP contribution in [0.15, 0.2) is 53.0 Å². The molecule has 0 spiro atoms. The third-order valence-corrected chi connectivity index (χ3v) is 3.36. The van der Waals surface area contributed by atoms with Gasteiger partial charge in [0.05, 0.1) is 0 Å². The minimum absolute atomic E-state index is 0.643. The molecule has 0 aliphatic carbocycles. The normalized spacial score (nSPS) is 10.8. The molecule has 0 saturated heterocycles. The van der Waals surface area contributed by atoms with Crippen molar-refractivity contribution < 1.29 is 4.74 Å². The smallest absolute Gasteiger partial charge is 0.133 e. The molecule has 0 amide bonds. The van der Waals surface area contributed by atoms with Crippen LogP contribution in [0.1, 0.15) is 19.4 Å². The van der Waals surface area contributed by atoms with Crippen LogP contribution in [0.3, 0.4) is 0 Å². The Labute approximate surface area is 129 Å². The van der Waals surface area contributed by atoms with E-state index >= 15 is 0 Å². The highest BCUT2D eigenvalue weighted by Gasteiger charge is 2.06. The van der Waals surface area contributed by atoms with E-state index in [4.69, 9.17) is 4.74 Å². The molecule has 0 aliphatic rings. The van der Waals surface area contributed by atoms with Gasteiger partial charge in [0.2, 0.25) is 0 Å². The largest absolute Gasteiger partial charge is 0.457 e. The molecule has 1 N–H and O–H groups in total. The number of para-hydroxylation sites is 1. The second-order valence-electron chi connectivity index (χ2n) is 5.19. The first-order chi connectivity index (χ1) is 9.65. The van der Waals surface area contributed by atoms with Crippen LogP contribution < -0.4 is 10.1 Å². The Bertz CT molecular complexity index is 540. The van der Waals surface area contributed by atoms with Gasteiger partial charge in [0.15, 0.2) is 0 Å². The molecule has 0 unspecified atom stereocenters. The lowest BCUT2D eigenvalue weighted by atomic mass is 10.2. The standard InChI is InChI=1S/C17H20BrNO/c1-13(2)11-19-12-14-8-9-15(18)10-17(14)20-16-6-4-3-5-7-16/h3-10,13,19H,11-12H2,1-2H3. The van der Waals surface area contributed by atoms with Crippen molar-refractivity contribution in [2.45, 2.75) is 20.4 Å². The number of ether oxygens (including phenoxy) is 1. The van der Waals surface area contributed by atoms with E-state index in [1.807, 2.05) is 42.5 Å². The maximum Gasteiger partial charge on any atom is 0.133 e. The summed E-state index contributed by atoms with van der Waals surface area (Å²) in [4.78, 5) is 0. The number of benzene rings is 2. The molecule has 0 fully saturated rings. The lowest BCUT2D eigenvalue weighted by molar-refractivity contribution is 0.469. The highest BCUT2D eigenvalue weighted by atomic mass is 79.9. The summed E-state index contributed by atoms with van der Waals surface area (Å²) in [6.45, 7) is 6.22. The van der Waals surface area contributed by atoms with Crippen molar-refractivity contribution in [2.24, 2.45) is 5.92 Å². The first kappa shape index (κ1) is 15.1. The van der Waals surface area contributed by atoms with Crippen molar-refractivity contribution in [3.63, 3.8) is 0 Å². The average Bonchev–Trinajstić information content (AvgIpc) is 2.42. The van der Waals surface area contributed by atoms with Gasteiger partial charge in [-0.1, -0.05) is 54.0 Å². The van der Waals surface area contributed by atoms with E-state index < -0.39 is 0 Å². The number of nitrogens with one attached hydrogen (secondary N) is 1. The van der Waals surface area contributed by atoms with Crippen molar-refractivity contribution >= 4 is 15.9 Å². The summed E-state index contributed by atoms with van der Waals surface area (Å²) >= 11 is 3.50. The van der Waals surface area contributed by atoms with Gasteiger partial charge in [0, 0.05) is 16.6 Å². The molecule has 0 aliphatic heterocycles. The highest BCUT2D eigenvalue weighted by molar-refractivity contribution is 9.10. The fraction of sp³-hybridized carbons (Fsp3) is 0.294.